The summed E-state index contributed by atoms with van der Waals surface area (Å²) in [7, 11) is 0. The lowest BCUT2D eigenvalue weighted by molar-refractivity contribution is 0.285. The van der Waals surface area contributed by atoms with Gasteiger partial charge in [-0.15, -0.1) is 35.3 Å². The molecule has 1 aromatic carbocycles. The molecule has 0 spiro atoms. The molecule has 1 fully saturated rings. The number of thiazole rings is 1. The van der Waals surface area contributed by atoms with E-state index in [0.29, 0.717) is 30.8 Å². The van der Waals surface area contributed by atoms with Crippen molar-refractivity contribution in [2.24, 2.45) is 10.9 Å². The van der Waals surface area contributed by atoms with Gasteiger partial charge in [-0.25, -0.2) is 14.4 Å². The van der Waals surface area contributed by atoms with Gasteiger partial charge < -0.3 is 15.4 Å². The molecule has 2 N–H and O–H groups in total. The Morgan fingerprint density at radius 2 is 2.14 bits per heavy atom. The largest absolute Gasteiger partial charge is 0.490 e. The van der Waals surface area contributed by atoms with E-state index in [1.165, 1.54) is 12.8 Å². The van der Waals surface area contributed by atoms with Crippen molar-refractivity contribution in [2.75, 3.05) is 13.2 Å². The summed E-state index contributed by atoms with van der Waals surface area (Å²) in [5.74, 6) is 1.32. The molecule has 0 amide bonds. The first-order chi connectivity index (χ1) is 13.5. The number of aromatic nitrogens is 1. The van der Waals surface area contributed by atoms with Crippen LogP contribution in [0.15, 0.2) is 23.2 Å². The van der Waals surface area contributed by atoms with Crippen LogP contribution in [0.4, 0.5) is 4.39 Å². The predicted octanol–water partition coefficient (Wildman–Crippen LogP) is 5.12. The Hall–Kier alpha value is -1.42. The van der Waals surface area contributed by atoms with E-state index in [9.17, 15) is 4.39 Å². The van der Waals surface area contributed by atoms with Crippen molar-refractivity contribution in [2.45, 2.75) is 53.1 Å². The van der Waals surface area contributed by atoms with E-state index in [1.54, 1.807) is 23.5 Å². The van der Waals surface area contributed by atoms with E-state index in [4.69, 9.17) is 4.74 Å². The van der Waals surface area contributed by atoms with Crippen LogP contribution >= 0.6 is 35.3 Å². The number of rotatable bonds is 8. The molecule has 1 aliphatic rings. The van der Waals surface area contributed by atoms with Gasteiger partial charge in [-0.3, -0.25) is 0 Å². The molecule has 5 nitrogen and oxygen atoms in total. The molecule has 3 rings (SSSR count). The van der Waals surface area contributed by atoms with E-state index in [0.717, 1.165) is 27.7 Å². The monoisotopic (exact) mass is 532 g/mol. The molecule has 0 radical (unpaired) electrons. The molecule has 1 unspecified atom stereocenters. The molecule has 1 aromatic heterocycles. The number of hydrogen-bond donors (Lipinski definition) is 2. The standard InChI is InChI=1S/C21H29FN4OS.HI/c1-5-23-21(24-11-20-14(3)25-15(4)28-20)26-13(2)17-8-9-19(18(22)10-17)27-12-16-6-7-16;/h8-10,13,16H,5-7,11-12H2,1-4H3,(H2,23,24,26);1H. The maximum atomic E-state index is 14.4. The van der Waals surface area contributed by atoms with Gasteiger partial charge in [0.25, 0.3) is 0 Å². The molecule has 8 heteroatoms. The third-order valence-corrected chi connectivity index (χ3v) is 5.76. The first kappa shape index (κ1) is 23.9. The van der Waals surface area contributed by atoms with Gasteiger partial charge in [-0.2, -0.15) is 0 Å². The highest BCUT2D eigenvalue weighted by atomic mass is 127. The maximum Gasteiger partial charge on any atom is 0.192 e. The molecule has 0 aliphatic heterocycles. The SMILES string of the molecule is CCNC(=NCc1sc(C)nc1C)NC(C)c1ccc(OCC2CC2)c(F)c1.I. The molecular weight excluding hydrogens is 502 g/mol. The molecule has 0 saturated heterocycles. The predicted molar refractivity (Wildman–Crippen MR) is 128 cm³/mol. The summed E-state index contributed by atoms with van der Waals surface area (Å²) in [4.78, 5) is 10.3. The molecule has 1 saturated carbocycles. The van der Waals surface area contributed by atoms with Crippen molar-refractivity contribution in [3.8, 4) is 5.75 Å². The normalized spacial score (nSPS) is 14.9. The Balaban J connectivity index is 0.00000300. The smallest absolute Gasteiger partial charge is 0.192 e. The molecule has 160 valence electrons. The average molecular weight is 532 g/mol. The minimum atomic E-state index is -0.315. The third kappa shape index (κ3) is 7.09. The fraction of sp³-hybridized carbons (Fsp3) is 0.524. The first-order valence-electron chi connectivity index (χ1n) is 9.86. The second-order valence-electron chi connectivity index (χ2n) is 7.25. The van der Waals surface area contributed by atoms with Crippen LogP contribution in [0.3, 0.4) is 0 Å². The van der Waals surface area contributed by atoms with Gasteiger partial charge in [0.2, 0.25) is 0 Å². The minimum absolute atomic E-state index is 0. The van der Waals surface area contributed by atoms with Crippen molar-refractivity contribution in [1.29, 1.82) is 0 Å². The zero-order valence-electron chi connectivity index (χ0n) is 17.4. The molecule has 1 heterocycles. The summed E-state index contributed by atoms with van der Waals surface area (Å²) in [6, 6.07) is 5.08. The molecular formula is C21H30FIN4OS. The van der Waals surface area contributed by atoms with Crippen LogP contribution in [-0.4, -0.2) is 24.1 Å². The summed E-state index contributed by atoms with van der Waals surface area (Å²) in [6.45, 7) is 9.96. The number of halogens is 2. The highest BCUT2D eigenvalue weighted by molar-refractivity contribution is 14.0. The van der Waals surface area contributed by atoms with Gasteiger partial charge in [0, 0.05) is 11.4 Å². The average Bonchev–Trinajstić information content (AvgIpc) is 3.42. The Morgan fingerprint density at radius 1 is 1.38 bits per heavy atom. The maximum absolute atomic E-state index is 14.4. The van der Waals surface area contributed by atoms with Crippen molar-refractivity contribution < 1.29 is 9.13 Å². The molecule has 2 aromatic rings. The van der Waals surface area contributed by atoms with Crippen LogP contribution in [-0.2, 0) is 6.54 Å². The van der Waals surface area contributed by atoms with E-state index >= 15 is 0 Å². The highest BCUT2D eigenvalue weighted by Gasteiger charge is 2.22. The van der Waals surface area contributed by atoms with Gasteiger partial charge in [0.15, 0.2) is 17.5 Å². The minimum Gasteiger partial charge on any atom is -0.490 e. The Bertz CT molecular complexity index is 838. The Morgan fingerprint density at radius 3 is 2.72 bits per heavy atom. The second kappa shape index (κ2) is 11.1. The van der Waals surface area contributed by atoms with Crippen LogP contribution < -0.4 is 15.4 Å². The van der Waals surface area contributed by atoms with Crippen LogP contribution in [0.5, 0.6) is 5.75 Å². The summed E-state index contributed by atoms with van der Waals surface area (Å²) in [5, 5.41) is 7.65. The number of benzene rings is 1. The van der Waals surface area contributed by atoms with Gasteiger partial charge in [0.05, 0.1) is 29.9 Å². The van der Waals surface area contributed by atoms with Gasteiger partial charge in [-0.05, 0) is 64.2 Å². The number of guanidine groups is 1. The number of ether oxygens (including phenoxy) is 1. The first-order valence-corrected chi connectivity index (χ1v) is 10.7. The second-order valence-corrected chi connectivity index (χ2v) is 8.53. The number of hydrogen-bond acceptors (Lipinski definition) is 4. The zero-order valence-corrected chi connectivity index (χ0v) is 20.6. The van der Waals surface area contributed by atoms with Crippen molar-refractivity contribution >= 4 is 41.3 Å². The molecule has 1 atom stereocenters. The van der Waals surface area contributed by atoms with Crippen molar-refractivity contribution in [1.82, 2.24) is 15.6 Å². The number of aryl methyl sites for hydroxylation is 2. The topological polar surface area (TPSA) is 58.5 Å². The van der Waals surface area contributed by atoms with E-state index in [-0.39, 0.29) is 35.8 Å². The van der Waals surface area contributed by atoms with E-state index < -0.39 is 0 Å². The fourth-order valence-electron chi connectivity index (χ4n) is 2.88. The van der Waals surface area contributed by atoms with Crippen LogP contribution in [0, 0.1) is 25.6 Å². The molecule has 1 aliphatic carbocycles. The van der Waals surface area contributed by atoms with Gasteiger partial charge in [-0.1, -0.05) is 6.07 Å². The van der Waals surface area contributed by atoms with Crippen LogP contribution in [0.2, 0.25) is 0 Å². The summed E-state index contributed by atoms with van der Waals surface area (Å²) < 4.78 is 20.0. The van der Waals surface area contributed by atoms with E-state index in [1.807, 2.05) is 33.8 Å². The zero-order chi connectivity index (χ0) is 20.1. The van der Waals surface area contributed by atoms with Gasteiger partial charge >= 0.3 is 0 Å². The lowest BCUT2D eigenvalue weighted by Crippen LogP contribution is -2.38. The van der Waals surface area contributed by atoms with Crippen LogP contribution in [0.25, 0.3) is 0 Å². The summed E-state index contributed by atoms with van der Waals surface area (Å²) in [5.41, 5.74) is 1.88. The summed E-state index contributed by atoms with van der Waals surface area (Å²) >= 11 is 1.67. The number of nitrogens with zero attached hydrogens (tertiary/aromatic N) is 2. The van der Waals surface area contributed by atoms with Crippen LogP contribution in [0.1, 0.15) is 53.9 Å². The Labute approximate surface area is 193 Å². The quantitative estimate of drug-likeness (QED) is 0.282. The van der Waals surface area contributed by atoms with E-state index in [2.05, 4.69) is 20.6 Å². The van der Waals surface area contributed by atoms with Gasteiger partial charge in [0.1, 0.15) is 0 Å². The molecule has 0 bridgehead atoms. The number of nitrogens with one attached hydrogen (secondary N) is 2. The lowest BCUT2D eigenvalue weighted by Gasteiger charge is -2.19. The van der Waals surface area contributed by atoms with Crippen molar-refractivity contribution in [3.05, 3.63) is 45.2 Å². The Kier molecular flexibility index (Phi) is 9.13. The number of aliphatic imine (C=N–C) groups is 1. The van der Waals surface area contributed by atoms with Crippen molar-refractivity contribution in [3.63, 3.8) is 0 Å². The summed E-state index contributed by atoms with van der Waals surface area (Å²) in [6.07, 6.45) is 2.38. The third-order valence-electron chi connectivity index (χ3n) is 4.71. The lowest BCUT2D eigenvalue weighted by atomic mass is 10.1. The highest BCUT2D eigenvalue weighted by Crippen LogP contribution is 2.30. The fourth-order valence-corrected chi connectivity index (χ4v) is 3.74. The molecule has 29 heavy (non-hydrogen) atoms.